The van der Waals surface area contributed by atoms with Crippen LogP contribution in [-0.2, 0) is 9.59 Å². The Morgan fingerprint density at radius 2 is 1.76 bits per heavy atom. The molecule has 17 heavy (non-hydrogen) atoms. The normalized spacial score (nSPS) is 28.8. The van der Waals surface area contributed by atoms with Gasteiger partial charge in [0.2, 0.25) is 11.8 Å². The van der Waals surface area contributed by atoms with Gasteiger partial charge in [0.25, 0.3) is 0 Å². The van der Waals surface area contributed by atoms with E-state index in [1.807, 2.05) is 16.7 Å². The van der Waals surface area contributed by atoms with Crippen LogP contribution in [0.4, 0.5) is 0 Å². The maximum Gasteiger partial charge on any atom is 0.227 e. The van der Waals surface area contributed by atoms with Crippen LogP contribution in [0, 0.1) is 5.92 Å². The van der Waals surface area contributed by atoms with Gasteiger partial charge in [-0.3, -0.25) is 9.59 Å². The third-order valence-electron chi connectivity index (χ3n) is 3.62. The summed E-state index contributed by atoms with van der Waals surface area (Å²) in [6.45, 7) is 4.73. The monoisotopic (exact) mass is 239 g/mol. The first-order valence-electron chi connectivity index (χ1n) is 6.45. The van der Waals surface area contributed by atoms with Crippen molar-refractivity contribution in [3.8, 4) is 0 Å². The highest BCUT2D eigenvalue weighted by molar-refractivity contribution is 5.82. The summed E-state index contributed by atoms with van der Waals surface area (Å²) < 4.78 is 0. The predicted octanol–water partition coefficient (Wildman–Crippen LogP) is -0.195. The molecule has 1 heterocycles. The quantitative estimate of drug-likeness (QED) is 0.726. The minimum absolute atomic E-state index is 0.0448. The van der Waals surface area contributed by atoms with Crippen LogP contribution in [0.15, 0.2) is 0 Å². The fourth-order valence-electron chi connectivity index (χ4n) is 2.34. The van der Waals surface area contributed by atoms with Crippen molar-refractivity contribution in [1.82, 2.24) is 9.80 Å². The van der Waals surface area contributed by atoms with Crippen molar-refractivity contribution in [2.45, 2.75) is 32.2 Å². The summed E-state index contributed by atoms with van der Waals surface area (Å²) >= 11 is 0. The third kappa shape index (κ3) is 2.77. The second-order valence-electron chi connectivity index (χ2n) is 4.92. The topological polar surface area (TPSA) is 66.6 Å². The molecular formula is C12H21N3O2. The van der Waals surface area contributed by atoms with Crippen molar-refractivity contribution in [3.63, 3.8) is 0 Å². The number of carbonyl (C=O) groups is 2. The Bertz CT molecular complexity index is 319. The average molecular weight is 239 g/mol. The second-order valence-corrected chi connectivity index (χ2v) is 4.92. The Kier molecular flexibility index (Phi) is 3.66. The Labute approximate surface area is 102 Å². The summed E-state index contributed by atoms with van der Waals surface area (Å²) in [5.74, 6) is 0.411. The molecule has 0 spiro atoms. The number of nitrogens with zero attached hydrogens (tertiary/aromatic N) is 2. The minimum Gasteiger partial charge on any atom is -0.341 e. The Morgan fingerprint density at radius 1 is 1.18 bits per heavy atom. The van der Waals surface area contributed by atoms with Crippen LogP contribution >= 0.6 is 0 Å². The molecular weight excluding hydrogens is 218 g/mol. The number of amides is 2. The highest BCUT2D eigenvalue weighted by atomic mass is 16.2. The third-order valence-corrected chi connectivity index (χ3v) is 3.62. The van der Waals surface area contributed by atoms with Crippen LogP contribution in [0.3, 0.4) is 0 Å². The van der Waals surface area contributed by atoms with Gasteiger partial charge in [-0.25, -0.2) is 0 Å². The maximum absolute atomic E-state index is 12.0. The van der Waals surface area contributed by atoms with Crippen molar-refractivity contribution in [2.75, 3.05) is 26.2 Å². The van der Waals surface area contributed by atoms with Crippen molar-refractivity contribution in [2.24, 2.45) is 11.7 Å². The smallest absolute Gasteiger partial charge is 0.227 e. The lowest BCUT2D eigenvalue weighted by molar-refractivity contribution is -0.134. The van der Waals surface area contributed by atoms with E-state index in [1.165, 1.54) is 0 Å². The van der Waals surface area contributed by atoms with Crippen molar-refractivity contribution in [3.05, 3.63) is 0 Å². The molecule has 2 aliphatic rings. The highest BCUT2D eigenvalue weighted by Crippen LogP contribution is 2.30. The first-order valence-corrected chi connectivity index (χ1v) is 6.45. The number of carbonyl (C=O) groups excluding carboxylic acids is 2. The Balaban J connectivity index is 1.87. The minimum atomic E-state index is 0.0448. The predicted molar refractivity (Wildman–Crippen MR) is 64.2 cm³/mol. The van der Waals surface area contributed by atoms with E-state index in [-0.39, 0.29) is 23.8 Å². The van der Waals surface area contributed by atoms with Gasteiger partial charge < -0.3 is 15.5 Å². The van der Waals surface area contributed by atoms with Crippen molar-refractivity contribution < 1.29 is 9.59 Å². The number of rotatable bonds is 2. The summed E-state index contributed by atoms with van der Waals surface area (Å²) in [4.78, 5) is 27.3. The van der Waals surface area contributed by atoms with E-state index in [2.05, 4.69) is 0 Å². The Hall–Kier alpha value is -1.10. The molecule has 2 amide bonds. The van der Waals surface area contributed by atoms with E-state index in [0.29, 0.717) is 19.5 Å². The van der Waals surface area contributed by atoms with Gasteiger partial charge in [0.05, 0.1) is 5.92 Å². The van der Waals surface area contributed by atoms with E-state index >= 15 is 0 Å². The first-order chi connectivity index (χ1) is 8.13. The molecule has 0 aromatic carbocycles. The molecule has 96 valence electrons. The zero-order valence-electron chi connectivity index (χ0n) is 10.4. The molecule has 1 aliphatic carbocycles. The lowest BCUT2D eigenvalue weighted by Crippen LogP contribution is -2.38. The lowest BCUT2D eigenvalue weighted by Gasteiger charge is -2.22. The van der Waals surface area contributed by atoms with Crippen LogP contribution < -0.4 is 5.73 Å². The molecule has 2 atom stereocenters. The first kappa shape index (κ1) is 12.4. The zero-order valence-corrected chi connectivity index (χ0v) is 10.4. The average Bonchev–Trinajstić information content (AvgIpc) is 3.09. The fourth-order valence-corrected chi connectivity index (χ4v) is 2.34. The largest absolute Gasteiger partial charge is 0.341 e. The molecule has 2 fully saturated rings. The SMILES string of the molecule is CCC(=O)N1CCCN(C(=O)C2CC2N)CC1. The summed E-state index contributed by atoms with van der Waals surface area (Å²) in [6.07, 6.45) is 2.24. The van der Waals surface area contributed by atoms with Crippen LogP contribution in [0.5, 0.6) is 0 Å². The van der Waals surface area contributed by atoms with Gasteiger partial charge in [0.1, 0.15) is 0 Å². The number of nitrogens with two attached hydrogens (primary N) is 1. The molecule has 2 unspecified atom stereocenters. The van der Waals surface area contributed by atoms with E-state index in [1.54, 1.807) is 0 Å². The fraction of sp³-hybridized carbons (Fsp3) is 0.833. The molecule has 0 aromatic rings. The molecule has 0 bridgehead atoms. The van der Waals surface area contributed by atoms with Crippen molar-refractivity contribution in [1.29, 1.82) is 0 Å². The van der Waals surface area contributed by atoms with Gasteiger partial charge in [-0.1, -0.05) is 6.92 Å². The number of hydrogen-bond acceptors (Lipinski definition) is 3. The van der Waals surface area contributed by atoms with Crippen LogP contribution in [0.1, 0.15) is 26.2 Å². The van der Waals surface area contributed by atoms with Gasteiger partial charge in [0.15, 0.2) is 0 Å². The number of hydrogen-bond donors (Lipinski definition) is 1. The molecule has 0 aromatic heterocycles. The van der Waals surface area contributed by atoms with E-state index in [4.69, 9.17) is 5.73 Å². The summed E-state index contributed by atoms with van der Waals surface area (Å²) in [5, 5.41) is 0. The van der Waals surface area contributed by atoms with Gasteiger partial charge >= 0.3 is 0 Å². The van der Waals surface area contributed by atoms with Gasteiger partial charge in [-0.15, -0.1) is 0 Å². The van der Waals surface area contributed by atoms with Crippen LogP contribution in [0.25, 0.3) is 0 Å². The second kappa shape index (κ2) is 5.04. The van der Waals surface area contributed by atoms with Crippen LogP contribution in [0.2, 0.25) is 0 Å². The van der Waals surface area contributed by atoms with Gasteiger partial charge in [-0.2, -0.15) is 0 Å². The Morgan fingerprint density at radius 3 is 2.35 bits per heavy atom. The lowest BCUT2D eigenvalue weighted by atomic mass is 10.3. The zero-order chi connectivity index (χ0) is 12.4. The van der Waals surface area contributed by atoms with Crippen LogP contribution in [-0.4, -0.2) is 53.8 Å². The van der Waals surface area contributed by atoms with E-state index in [0.717, 1.165) is 25.9 Å². The van der Waals surface area contributed by atoms with Crippen molar-refractivity contribution >= 4 is 11.8 Å². The summed E-state index contributed by atoms with van der Waals surface area (Å²) in [7, 11) is 0. The molecule has 5 nitrogen and oxygen atoms in total. The van der Waals surface area contributed by atoms with Gasteiger partial charge in [0, 0.05) is 38.6 Å². The maximum atomic E-state index is 12.0. The highest BCUT2D eigenvalue weighted by Gasteiger charge is 2.42. The standard InChI is InChI=1S/C12H21N3O2/c1-2-11(16)14-4-3-5-15(7-6-14)12(17)9-8-10(9)13/h9-10H,2-8,13H2,1H3. The summed E-state index contributed by atoms with van der Waals surface area (Å²) in [6, 6.07) is 0.0686. The molecule has 1 saturated heterocycles. The molecule has 5 heteroatoms. The molecule has 1 aliphatic heterocycles. The molecule has 2 rings (SSSR count). The molecule has 2 N–H and O–H groups in total. The summed E-state index contributed by atoms with van der Waals surface area (Å²) in [5.41, 5.74) is 5.70. The molecule has 0 radical (unpaired) electrons. The van der Waals surface area contributed by atoms with Gasteiger partial charge in [-0.05, 0) is 12.8 Å². The van der Waals surface area contributed by atoms with E-state index < -0.39 is 0 Å². The van der Waals surface area contributed by atoms with E-state index in [9.17, 15) is 9.59 Å². The molecule has 1 saturated carbocycles.